The number of carbonyl (C=O) groups excluding carboxylic acids is 1. The molecular weight excluding hydrogens is 377 g/mol. The lowest BCUT2D eigenvalue weighted by molar-refractivity contribution is 0.0763. The van der Waals surface area contributed by atoms with Crippen molar-refractivity contribution in [2.24, 2.45) is 11.8 Å². The van der Waals surface area contributed by atoms with Gasteiger partial charge in [-0.1, -0.05) is 23.7 Å². The third-order valence-corrected chi connectivity index (χ3v) is 6.42. The summed E-state index contributed by atoms with van der Waals surface area (Å²) >= 11 is 6.06. The second-order valence-electron chi connectivity index (χ2n) is 7.99. The first-order valence-corrected chi connectivity index (χ1v) is 9.90. The summed E-state index contributed by atoms with van der Waals surface area (Å²) in [7, 11) is 2.08. The SMILES string of the molecule is CN1C[C@H]2CN(C(=O)c3cc4cc(Cl)ccc4[nH]3)C[C@H]2[C@@H]1c1cccc(F)c1. The first-order chi connectivity index (χ1) is 13.5. The molecule has 2 aromatic carbocycles. The number of benzene rings is 2. The minimum atomic E-state index is -0.211. The van der Waals surface area contributed by atoms with Crippen molar-refractivity contribution in [2.45, 2.75) is 6.04 Å². The second kappa shape index (κ2) is 6.61. The van der Waals surface area contributed by atoms with Crippen LogP contribution in [-0.2, 0) is 0 Å². The van der Waals surface area contributed by atoms with Crippen molar-refractivity contribution in [1.29, 1.82) is 0 Å². The summed E-state index contributed by atoms with van der Waals surface area (Å²) in [6, 6.07) is 14.4. The van der Waals surface area contributed by atoms with E-state index in [1.807, 2.05) is 35.2 Å². The number of aromatic nitrogens is 1. The molecule has 2 fully saturated rings. The zero-order valence-corrected chi connectivity index (χ0v) is 16.3. The second-order valence-corrected chi connectivity index (χ2v) is 8.42. The number of rotatable bonds is 2. The Kier molecular flexibility index (Phi) is 4.18. The lowest BCUT2D eigenvalue weighted by atomic mass is 9.89. The number of likely N-dealkylation sites (tertiary alicyclic amines) is 2. The fraction of sp³-hybridized carbons (Fsp3) is 0.318. The molecule has 2 aliphatic heterocycles. The first-order valence-electron chi connectivity index (χ1n) is 9.53. The van der Waals surface area contributed by atoms with Crippen LogP contribution in [0.2, 0.25) is 5.02 Å². The van der Waals surface area contributed by atoms with Crippen LogP contribution in [0.25, 0.3) is 10.9 Å². The van der Waals surface area contributed by atoms with Crippen molar-refractivity contribution in [3.63, 3.8) is 0 Å². The van der Waals surface area contributed by atoms with Gasteiger partial charge in [0.2, 0.25) is 0 Å². The standard InChI is InChI=1S/C22H21ClFN3O/c1-26-10-15-11-27(12-18(15)21(26)13-3-2-4-17(24)8-13)22(28)20-9-14-7-16(23)5-6-19(14)25-20/h2-9,15,18,21,25H,10-12H2,1H3/t15-,18+,21-/m0/s1. The van der Waals surface area contributed by atoms with Crippen molar-refractivity contribution in [3.05, 3.63) is 70.6 Å². The molecule has 0 spiro atoms. The monoisotopic (exact) mass is 397 g/mol. The fourth-order valence-corrected chi connectivity index (χ4v) is 5.19. The van der Waals surface area contributed by atoms with Gasteiger partial charge in [-0.25, -0.2) is 4.39 Å². The molecule has 1 aromatic heterocycles. The van der Waals surface area contributed by atoms with Crippen LogP contribution < -0.4 is 0 Å². The predicted octanol–water partition coefficient (Wildman–Crippen LogP) is 4.34. The molecule has 1 N–H and O–H groups in total. The molecule has 144 valence electrons. The highest BCUT2D eigenvalue weighted by atomic mass is 35.5. The summed E-state index contributed by atoms with van der Waals surface area (Å²) < 4.78 is 13.8. The van der Waals surface area contributed by atoms with E-state index in [4.69, 9.17) is 11.6 Å². The summed E-state index contributed by atoms with van der Waals surface area (Å²) in [5.74, 6) is 0.523. The Morgan fingerprint density at radius 1 is 1.14 bits per heavy atom. The third-order valence-electron chi connectivity index (χ3n) is 6.19. The molecule has 3 atom stereocenters. The van der Waals surface area contributed by atoms with Crippen LogP contribution in [0.15, 0.2) is 48.5 Å². The van der Waals surface area contributed by atoms with E-state index in [0.717, 1.165) is 29.6 Å². The summed E-state index contributed by atoms with van der Waals surface area (Å²) in [5.41, 5.74) is 2.49. The molecule has 0 radical (unpaired) electrons. The highest BCUT2D eigenvalue weighted by molar-refractivity contribution is 6.31. The topological polar surface area (TPSA) is 39.3 Å². The van der Waals surface area contributed by atoms with E-state index in [9.17, 15) is 9.18 Å². The molecule has 0 unspecified atom stereocenters. The molecule has 1 amide bonds. The summed E-state index contributed by atoms with van der Waals surface area (Å²) in [6.07, 6.45) is 0. The maximum atomic E-state index is 13.8. The van der Waals surface area contributed by atoms with E-state index in [1.165, 1.54) is 6.07 Å². The highest BCUT2D eigenvalue weighted by Crippen LogP contribution is 2.44. The number of carbonyl (C=O) groups is 1. The van der Waals surface area contributed by atoms with Crippen molar-refractivity contribution >= 4 is 28.4 Å². The number of fused-ring (bicyclic) bond motifs is 2. The van der Waals surface area contributed by atoms with Gasteiger partial charge in [0.1, 0.15) is 11.5 Å². The lowest BCUT2D eigenvalue weighted by Gasteiger charge is -2.26. The minimum Gasteiger partial charge on any atom is -0.351 e. The Hall–Kier alpha value is -2.37. The number of nitrogens with zero attached hydrogens (tertiary/aromatic N) is 2. The smallest absolute Gasteiger partial charge is 0.270 e. The predicted molar refractivity (Wildman–Crippen MR) is 108 cm³/mol. The molecular formula is C22H21ClFN3O. The molecule has 0 aliphatic carbocycles. The molecule has 3 heterocycles. The van der Waals surface area contributed by atoms with Gasteiger partial charge in [-0.05, 0) is 54.9 Å². The van der Waals surface area contributed by atoms with Gasteiger partial charge in [0.05, 0.1) is 0 Å². The zero-order valence-electron chi connectivity index (χ0n) is 15.5. The Bertz CT molecular complexity index is 1060. The van der Waals surface area contributed by atoms with Crippen LogP contribution in [0.1, 0.15) is 22.1 Å². The quantitative estimate of drug-likeness (QED) is 0.698. The third kappa shape index (κ3) is 2.90. The number of amides is 1. The van der Waals surface area contributed by atoms with E-state index >= 15 is 0 Å². The van der Waals surface area contributed by atoms with Gasteiger partial charge in [-0.3, -0.25) is 9.69 Å². The van der Waals surface area contributed by atoms with Gasteiger partial charge in [0.25, 0.3) is 5.91 Å². The van der Waals surface area contributed by atoms with E-state index in [-0.39, 0.29) is 17.8 Å². The normalized spacial score (nSPS) is 24.8. The van der Waals surface area contributed by atoms with Gasteiger partial charge in [0.15, 0.2) is 0 Å². The molecule has 2 aliphatic rings. The first kappa shape index (κ1) is 17.7. The summed E-state index contributed by atoms with van der Waals surface area (Å²) in [5, 5.41) is 1.59. The van der Waals surface area contributed by atoms with E-state index < -0.39 is 0 Å². The molecule has 3 aromatic rings. The van der Waals surface area contributed by atoms with Crippen LogP contribution in [0.4, 0.5) is 4.39 Å². The van der Waals surface area contributed by atoms with Crippen LogP contribution in [0.5, 0.6) is 0 Å². The fourth-order valence-electron chi connectivity index (χ4n) is 5.00. The van der Waals surface area contributed by atoms with Gasteiger partial charge < -0.3 is 9.88 Å². The number of H-pyrrole nitrogens is 1. The lowest BCUT2D eigenvalue weighted by Crippen LogP contribution is -2.33. The van der Waals surface area contributed by atoms with Crippen LogP contribution in [-0.4, -0.2) is 47.4 Å². The van der Waals surface area contributed by atoms with Crippen molar-refractivity contribution in [3.8, 4) is 0 Å². The van der Waals surface area contributed by atoms with Gasteiger partial charge >= 0.3 is 0 Å². The molecule has 4 nitrogen and oxygen atoms in total. The Labute approximate surface area is 167 Å². The van der Waals surface area contributed by atoms with Crippen molar-refractivity contribution < 1.29 is 9.18 Å². The molecule has 2 saturated heterocycles. The average Bonchev–Trinajstić information content (AvgIpc) is 3.32. The van der Waals surface area contributed by atoms with Gasteiger partial charge in [-0.15, -0.1) is 0 Å². The molecule has 6 heteroatoms. The summed E-state index contributed by atoms with van der Waals surface area (Å²) in [4.78, 5) is 20.5. The molecule has 0 bridgehead atoms. The number of hydrogen-bond acceptors (Lipinski definition) is 2. The number of nitrogens with one attached hydrogen (secondary N) is 1. The van der Waals surface area contributed by atoms with Gasteiger partial charge in [0, 0.05) is 47.5 Å². The van der Waals surface area contributed by atoms with Crippen LogP contribution in [0.3, 0.4) is 0 Å². The number of aromatic amines is 1. The van der Waals surface area contributed by atoms with Crippen LogP contribution in [0, 0.1) is 17.7 Å². The summed E-state index contributed by atoms with van der Waals surface area (Å²) in [6.45, 7) is 2.33. The maximum absolute atomic E-state index is 13.8. The van der Waals surface area contributed by atoms with E-state index in [0.29, 0.717) is 29.1 Å². The highest BCUT2D eigenvalue weighted by Gasteiger charge is 2.47. The van der Waals surface area contributed by atoms with Crippen molar-refractivity contribution in [2.75, 3.05) is 26.7 Å². The Balaban J connectivity index is 1.39. The molecule has 0 saturated carbocycles. The molecule has 28 heavy (non-hydrogen) atoms. The van der Waals surface area contributed by atoms with Crippen LogP contribution >= 0.6 is 11.6 Å². The Morgan fingerprint density at radius 3 is 2.82 bits per heavy atom. The van der Waals surface area contributed by atoms with E-state index in [1.54, 1.807) is 12.1 Å². The van der Waals surface area contributed by atoms with Gasteiger partial charge in [-0.2, -0.15) is 0 Å². The minimum absolute atomic E-state index is 0.0161. The van der Waals surface area contributed by atoms with Crippen molar-refractivity contribution in [1.82, 2.24) is 14.8 Å². The van der Waals surface area contributed by atoms with E-state index in [2.05, 4.69) is 16.9 Å². The number of hydrogen-bond donors (Lipinski definition) is 1. The largest absolute Gasteiger partial charge is 0.351 e. The maximum Gasteiger partial charge on any atom is 0.270 e. The Morgan fingerprint density at radius 2 is 2.00 bits per heavy atom. The number of halogens is 2. The average molecular weight is 398 g/mol. The molecule has 5 rings (SSSR count). The zero-order chi connectivity index (χ0) is 19.4.